The maximum atomic E-state index is 11.4. The molecule has 0 unspecified atom stereocenters. The molecule has 0 radical (unpaired) electrons. The summed E-state index contributed by atoms with van der Waals surface area (Å²) in [7, 11) is 0. The third kappa shape index (κ3) is 2.22. The van der Waals surface area contributed by atoms with Gasteiger partial charge in [0.25, 0.3) is 0 Å². The second-order valence-electron chi connectivity index (χ2n) is 2.97. The van der Waals surface area contributed by atoms with E-state index in [0.29, 0.717) is 12.0 Å². The minimum absolute atomic E-state index is 0.189. The Morgan fingerprint density at radius 2 is 2.33 bits per heavy atom. The van der Waals surface area contributed by atoms with Crippen LogP contribution in [0.3, 0.4) is 0 Å². The van der Waals surface area contributed by atoms with E-state index in [-0.39, 0.29) is 5.78 Å². The van der Waals surface area contributed by atoms with Crippen molar-refractivity contribution in [3.63, 3.8) is 0 Å². The molecule has 0 aliphatic heterocycles. The van der Waals surface area contributed by atoms with Gasteiger partial charge in [0.15, 0.2) is 5.78 Å². The fraction of sp³-hybridized carbons (Fsp3) is 0.500. The molecule has 1 aromatic heterocycles. The van der Waals surface area contributed by atoms with Crippen LogP contribution in [0.4, 0.5) is 0 Å². The molecule has 0 aliphatic carbocycles. The van der Waals surface area contributed by atoms with Crippen molar-refractivity contribution in [1.29, 1.82) is 0 Å². The van der Waals surface area contributed by atoms with Crippen LogP contribution in [0.1, 0.15) is 42.3 Å². The van der Waals surface area contributed by atoms with Gasteiger partial charge in [-0.3, -0.25) is 4.79 Å². The van der Waals surface area contributed by atoms with Gasteiger partial charge in [0, 0.05) is 6.42 Å². The summed E-state index contributed by atoms with van der Waals surface area (Å²) in [4.78, 5) is 11.4. The minimum atomic E-state index is 0.189. The van der Waals surface area contributed by atoms with Crippen LogP contribution in [0.15, 0.2) is 16.7 Å². The van der Waals surface area contributed by atoms with Crippen LogP contribution < -0.4 is 0 Å². The van der Waals surface area contributed by atoms with E-state index in [1.165, 1.54) is 6.26 Å². The number of furan rings is 1. The van der Waals surface area contributed by atoms with E-state index >= 15 is 0 Å². The summed E-state index contributed by atoms with van der Waals surface area (Å²) in [6, 6.07) is 1.79. The van der Waals surface area contributed by atoms with Crippen LogP contribution in [0.2, 0.25) is 0 Å². The molecule has 1 heterocycles. The molecule has 12 heavy (non-hydrogen) atoms. The van der Waals surface area contributed by atoms with Crippen molar-refractivity contribution in [2.24, 2.45) is 0 Å². The van der Waals surface area contributed by atoms with Crippen molar-refractivity contribution < 1.29 is 9.21 Å². The second kappa shape index (κ2) is 4.10. The third-order valence-corrected chi connectivity index (χ3v) is 1.81. The van der Waals surface area contributed by atoms with Gasteiger partial charge in [0.05, 0.1) is 5.56 Å². The lowest BCUT2D eigenvalue weighted by molar-refractivity contribution is 0.0979. The van der Waals surface area contributed by atoms with E-state index in [1.54, 1.807) is 6.07 Å². The van der Waals surface area contributed by atoms with Crippen LogP contribution in [0.25, 0.3) is 0 Å². The number of unbranched alkanes of at least 4 members (excludes halogenated alkanes) is 1. The van der Waals surface area contributed by atoms with Crippen LogP contribution in [0.5, 0.6) is 0 Å². The summed E-state index contributed by atoms with van der Waals surface area (Å²) >= 11 is 0. The molecular formula is C10H14O2. The first-order chi connectivity index (χ1) is 5.74. The maximum absolute atomic E-state index is 11.4. The molecule has 0 saturated heterocycles. The highest BCUT2D eigenvalue weighted by Crippen LogP contribution is 2.10. The molecule has 0 fully saturated rings. The Labute approximate surface area is 72.6 Å². The zero-order valence-electron chi connectivity index (χ0n) is 7.59. The molecule has 2 heteroatoms. The molecule has 0 atom stereocenters. The molecule has 0 saturated carbocycles. The lowest BCUT2D eigenvalue weighted by Crippen LogP contribution is -1.95. The lowest BCUT2D eigenvalue weighted by Gasteiger charge is -1.93. The van der Waals surface area contributed by atoms with Gasteiger partial charge in [-0.1, -0.05) is 13.3 Å². The molecule has 0 amide bonds. The largest absolute Gasteiger partial charge is 0.469 e. The molecule has 2 nitrogen and oxygen atoms in total. The van der Waals surface area contributed by atoms with Gasteiger partial charge in [-0.15, -0.1) is 0 Å². The molecule has 0 bridgehead atoms. The van der Waals surface area contributed by atoms with Gasteiger partial charge in [-0.2, -0.15) is 0 Å². The van der Waals surface area contributed by atoms with E-state index in [1.807, 2.05) is 6.92 Å². The maximum Gasteiger partial charge on any atom is 0.166 e. The first kappa shape index (κ1) is 9.04. The van der Waals surface area contributed by atoms with Crippen molar-refractivity contribution in [3.8, 4) is 0 Å². The monoisotopic (exact) mass is 166 g/mol. The average Bonchev–Trinajstić information content (AvgIpc) is 2.47. The van der Waals surface area contributed by atoms with E-state index in [9.17, 15) is 4.79 Å². The Kier molecular flexibility index (Phi) is 3.09. The molecular weight excluding hydrogens is 152 g/mol. The lowest BCUT2D eigenvalue weighted by atomic mass is 10.1. The number of hydrogen-bond donors (Lipinski definition) is 0. The normalized spacial score (nSPS) is 10.2. The Hall–Kier alpha value is -1.05. The van der Waals surface area contributed by atoms with Crippen LogP contribution in [0, 0.1) is 6.92 Å². The smallest absolute Gasteiger partial charge is 0.166 e. The number of rotatable bonds is 4. The zero-order chi connectivity index (χ0) is 8.97. The van der Waals surface area contributed by atoms with Crippen LogP contribution in [-0.2, 0) is 0 Å². The Morgan fingerprint density at radius 3 is 2.83 bits per heavy atom. The van der Waals surface area contributed by atoms with Crippen molar-refractivity contribution in [3.05, 3.63) is 23.7 Å². The SMILES string of the molecule is CCCCC(=O)c1coc(C)c1. The quantitative estimate of drug-likeness (QED) is 0.644. The number of Topliss-reactive ketones (excluding diaryl/α,β-unsaturated/α-hetero) is 1. The fourth-order valence-electron chi connectivity index (χ4n) is 1.07. The number of ketones is 1. The number of hydrogen-bond acceptors (Lipinski definition) is 2. The molecule has 66 valence electrons. The van der Waals surface area contributed by atoms with Gasteiger partial charge in [-0.05, 0) is 19.4 Å². The second-order valence-corrected chi connectivity index (χ2v) is 2.97. The summed E-state index contributed by atoms with van der Waals surface area (Å²) in [5.74, 6) is 0.989. The topological polar surface area (TPSA) is 30.2 Å². The van der Waals surface area contributed by atoms with E-state index in [0.717, 1.165) is 18.6 Å². The number of carbonyl (C=O) groups excluding carboxylic acids is 1. The first-order valence-electron chi connectivity index (χ1n) is 4.32. The third-order valence-electron chi connectivity index (χ3n) is 1.81. The average molecular weight is 166 g/mol. The molecule has 1 rings (SSSR count). The molecule has 0 aromatic carbocycles. The van der Waals surface area contributed by atoms with E-state index < -0.39 is 0 Å². The minimum Gasteiger partial charge on any atom is -0.469 e. The summed E-state index contributed by atoms with van der Waals surface area (Å²) < 4.78 is 5.04. The predicted octanol–water partition coefficient (Wildman–Crippen LogP) is 2.96. The highest BCUT2D eigenvalue weighted by atomic mass is 16.3. The van der Waals surface area contributed by atoms with E-state index in [2.05, 4.69) is 6.92 Å². The van der Waals surface area contributed by atoms with E-state index in [4.69, 9.17) is 4.42 Å². The summed E-state index contributed by atoms with van der Waals surface area (Å²) in [5, 5.41) is 0. The zero-order valence-corrected chi connectivity index (χ0v) is 7.59. The molecule has 0 spiro atoms. The molecule has 1 aromatic rings. The predicted molar refractivity (Wildman–Crippen MR) is 47.3 cm³/mol. The van der Waals surface area contributed by atoms with Gasteiger partial charge >= 0.3 is 0 Å². The van der Waals surface area contributed by atoms with Crippen molar-refractivity contribution in [1.82, 2.24) is 0 Å². The van der Waals surface area contributed by atoms with Gasteiger partial charge in [0.1, 0.15) is 12.0 Å². The Morgan fingerprint density at radius 1 is 1.58 bits per heavy atom. The highest BCUT2D eigenvalue weighted by Gasteiger charge is 2.06. The van der Waals surface area contributed by atoms with Crippen molar-refractivity contribution in [2.45, 2.75) is 33.1 Å². The van der Waals surface area contributed by atoms with Gasteiger partial charge in [-0.25, -0.2) is 0 Å². The number of carbonyl (C=O) groups is 1. The fourth-order valence-corrected chi connectivity index (χ4v) is 1.07. The van der Waals surface area contributed by atoms with Gasteiger partial charge in [0.2, 0.25) is 0 Å². The summed E-state index contributed by atoms with van der Waals surface area (Å²) in [5.41, 5.74) is 0.709. The molecule has 0 N–H and O–H groups in total. The van der Waals surface area contributed by atoms with Crippen molar-refractivity contribution >= 4 is 5.78 Å². The summed E-state index contributed by atoms with van der Waals surface area (Å²) in [6.45, 7) is 3.92. The standard InChI is InChI=1S/C10H14O2/c1-3-4-5-10(11)9-6-8(2)12-7-9/h6-7H,3-5H2,1-2H3. The Balaban J connectivity index is 2.53. The van der Waals surface area contributed by atoms with Crippen LogP contribution in [-0.4, -0.2) is 5.78 Å². The Bertz CT molecular complexity index is 261. The first-order valence-corrected chi connectivity index (χ1v) is 4.32. The van der Waals surface area contributed by atoms with Gasteiger partial charge < -0.3 is 4.42 Å². The highest BCUT2D eigenvalue weighted by molar-refractivity contribution is 5.95. The number of aryl methyl sites for hydroxylation is 1. The molecule has 0 aliphatic rings. The van der Waals surface area contributed by atoms with Crippen LogP contribution >= 0.6 is 0 Å². The summed E-state index contributed by atoms with van der Waals surface area (Å²) in [6.07, 6.45) is 4.19. The van der Waals surface area contributed by atoms with Crippen molar-refractivity contribution in [2.75, 3.05) is 0 Å².